The van der Waals surface area contributed by atoms with Crippen LogP contribution in [-0.2, 0) is 4.74 Å². The quantitative estimate of drug-likeness (QED) is 0.462. The molecule has 3 fully saturated rings. The Balaban J connectivity index is 1.63. The van der Waals surface area contributed by atoms with E-state index in [0.29, 0.717) is 23.5 Å². The van der Waals surface area contributed by atoms with Crippen LogP contribution < -0.4 is 10.6 Å². The lowest BCUT2D eigenvalue weighted by Gasteiger charge is -2.63. The van der Waals surface area contributed by atoms with Crippen molar-refractivity contribution in [2.45, 2.75) is 44.8 Å². The lowest BCUT2D eigenvalue weighted by Crippen LogP contribution is -2.72. The fourth-order valence-electron chi connectivity index (χ4n) is 4.17. The predicted octanol–water partition coefficient (Wildman–Crippen LogP) is 1.86. The van der Waals surface area contributed by atoms with Gasteiger partial charge in [0, 0.05) is 36.3 Å². The molecule has 0 aromatic rings. The van der Waals surface area contributed by atoms with Gasteiger partial charge in [-0.15, -0.1) is 0 Å². The first-order chi connectivity index (χ1) is 9.81. The van der Waals surface area contributed by atoms with E-state index in [0.717, 1.165) is 31.4 Å². The largest absolute Gasteiger partial charge is 0.377 e. The first-order valence-corrected chi connectivity index (χ1v) is 9.36. The van der Waals surface area contributed by atoms with Crippen molar-refractivity contribution in [3.63, 3.8) is 0 Å². The van der Waals surface area contributed by atoms with Crippen molar-refractivity contribution in [3.05, 3.63) is 0 Å². The average molecular weight is 297 g/mol. The summed E-state index contributed by atoms with van der Waals surface area (Å²) in [7, 11) is 0. The lowest BCUT2D eigenvalue weighted by atomic mass is 9.46. The smallest absolute Gasteiger partial charge is 0.191 e. The molecular weight excluding hydrogens is 270 g/mol. The molecule has 3 unspecified atom stereocenters. The van der Waals surface area contributed by atoms with Gasteiger partial charge < -0.3 is 15.4 Å². The Labute approximate surface area is 126 Å². The van der Waals surface area contributed by atoms with Crippen LogP contribution in [0, 0.1) is 11.3 Å². The van der Waals surface area contributed by atoms with Crippen molar-refractivity contribution in [3.8, 4) is 0 Å². The van der Waals surface area contributed by atoms with Crippen molar-refractivity contribution >= 4 is 17.7 Å². The monoisotopic (exact) mass is 297 g/mol. The van der Waals surface area contributed by atoms with Gasteiger partial charge in [-0.1, -0.05) is 6.42 Å². The first-order valence-electron chi connectivity index (χ1n) is 7.97. The summed E-state index contributed by atoms with van der Waals surface area (Å²) in [6, 6.07) is 0.579. The third kappa shape index (κ3) is 2.33. The van der Waals surface area contributed by atoms with Crippen LogP contribution in [0.15, 0.2) is 4.99 Å². The summed E-state index contributed by atoms with van der Waals surface area (Å²) in [5.74, 6) is 2.80. The molecule has 1 heterocycles. The second-order valence-electron chi connectivity index (χ2n) is 6.21. The summed E-state index contributed by atoms with van der Waals surface area (Å²) >= 11 is 1.85. The SMILES string of the molecule is CCNC(=NCCSC)NC1C2CCOC2C12CCC2. The fourth-order valence-corrected chi connectivity index (χ4v) is 4.45. The standard InChI is InChI=1S/C15H27N3OS/c1-3-16-14(17-8-10-20-2)18-12-11-5-9-19-13(11)15(12)6-4-7-15/h11-13H,3-10H2,1-2H3,(H2,16,17,18). The molecular formula is C15H27N3OS. The molecule has 0 bridgehead atoms. The van der Waals surface area contributed by atoms with Crippen LogP contribution in [0.3, 0.4) is 0 Å². The third-order valence-electron chi connectivity index (χ3n) is 5.24. The van der Waals surface area contributed by atoms with E-state index in [1.807, 2.05) is 11.8 Å². The Morgan fingerprint density at radius 2 is 2.30 bits per heavy atom. The molecule has 3 aliphatic rings. The van der Waals surface area contributed by atoms with Gasteiger partial charge in [0.15, 0.2) is 5.96 Å². The molecule has 5 heteroatoms. The van der Waals surface area contributed by atoms with Crippen molar-refractivity contribution in [1.29, 1.82) is 0 Å². The number of hydrogen-bond acceptors (Lipinski definition) is 3. The molecule has 0 amide bonds. The van der Waals surface area contributed by atoms with E-state index in [1.165, 1.54) is 25.7 Å². The van der Waals surface area contributed by atoms with Gasteiger partial charge in [0.25, 0.3) is 0 Å². The van der Waals surface area contributed by atoms with Gasteiger partial charge >= 0.3 is 0 Å². The zero-order chi connectivity index (χ0) is 14.0. The van der Waals surface area contributed by atoms with Crippen molar-refractivity contribution < 1.29 is 4.74 Å². The van der Waals surface area contributed by atoms with E-state index in [9.17, 15) is 0 Å². The third-order valence-corrected chi connectivity index (χ3v) is 5.83. The van der Waals surface area contributed by atoms with Crippen LogP contribution >= 0.6 is 11.8 Å². The molecule has 1 spiro atoms. The molecule has 0 aromatic carbocycles. The fraction of sp³-hybridized carbons (Fsp3) is 0.933. The molecule has 1 aliphatic heterocycles. The number of aliphatic imine (C=N–C) groups is 1. The molecule has 114 valence electrons. The highest BCUT2D eigenvalue weighted by Crippen LogP contribution is 2.62. The van der Waals surface area contributed by atoms with Gasteiger partial charge in [-0.25, -0.2) is 0 Å². The molecule has 0 aromatic heterocycles. The number of nitrogens with zero attached hydrogens (tertiary/aromatic N) is 1. The van der Waals surface area contributed by atoms with E-state index < -0.39 is 0 Å². The predicted molar refractivity (Wildman–Crippen MR) is 85.4 cm³/mol. The molecule has 0 radical (unpaired) electrons. The molecule has 4 nitrogen and oxygen atoms in total. The summed E-state index contributed by atoms with van der Waals surface area (Å²) in [4.78, 5) is 4.70. The molecule has 1 saturated heterocycles. The summed E-state index contributed by atoms with van der Waals surface area (Å²) in [6.45, 7) is 4.90. The van der Waals surface area contributed by atoms with Crippen LogP contribution in [0.4, 0.5) is 0 Å². The average Bonchev–Trinajstić information content (AvgIpc) is 2.79. The highest BCUT2D eigenvalue weighted by Gasteiger charge is 2.66. The second kappa shape index (κ2) is 6.14. The second-order valence-corrected chi connectivity index (χ2v) is 7.19. The van der Waals surface area contributed by atoms with Gasteiger partial charge in [0.05, 0.1) is 12.6 Å². The number of fused-ring (bicyclic) bond motifs is 2. The van der Waals surface area contributed by atoms with E-state index in [1.54, 1.807) is 0 Å². The van der Waals surface area contributed by atoms with Gasteiger partial charge in [-0.2, -0.15) is 11.8 Å². The lowest BCUT2D eigenvalue weighted by molar-refractivity contribution is -0.171. The number of rotatable bonds is 5. The van der Waals surface area contributed by atoms with Crippen LogP contribution in [0.25, 0.3) is 0 Å². The molecule has 2 aliphatic carbocycles. The van der Waals surface area contributed by atoms with E-state index in [2.05, 4.69) is 23.8 Å². The minimum atomic E-state index is 0.427. The van der Waals surface area contributed by atoms with E-state index in [4.69, 9.17) is 9.73 Å². The number of guanidine groups is 1. The number of ether oxygens (including phenoxy) is 1. The summed E-state index contributed by atoms with van der Waals surface area (Å²) < 4.78 is 5.98. The van der Waals surface area contributed by atoms with Gasteiger partial charge in [-0.3, -0.25) is 4.99 Å². The Hall–Kier alpha value is -0.420. The van der Waals surface area contributed by atoms with Crippen LogP contribution in [0.5, 0.6) is 0 Å². The zero-order valence-corrected chi connectivity index (χ0v) is 13.5. The minimum Gasteiger partial charge on any atom is -0.377 e. The van der Waals surface area contributed by atoms with E-state index >= 15 is 0 Å². The van der Waals surface area contributed by atoms with Gasteiger partial charge in [0.2, 0.25) is 0 Å². The molecule has 3 rings (SSSR count). The summed E-state index contributed by atoms with van der Waals surface area (Å²) in [6.07, 6.45) is 7.90. The number of hydrogen-bond donors (Lipinski definition) is 2. The maximum absolute atomic E-state index is 5.98. The molecule has 2 saturated carbocycles. The first kappa shape index (κ1) is 14.5. The van der Waals surface area contributed by atoms with Gasteiger partial charge in [-0.05, 0) is 32.4 Å². The van der Waals surface area contributed by atoms with Crippen LogP contribution in [0.2, 0.25) is 0 Å². The molecule has 20 heavy (non-hydrogen) atoms. The Morgan fingerprint density at radius 1 is 1.45 bits per heavy atom. The highest BCUT2D eigenvalue weighted by atomic mass is 32.2. The molecule has 3 atom stereocenters. The number of thioether (sulfide) groups is 1. The van der Waals surface area contributed by atoms with E-state index in [-0.39, 0.29) is 0 Å². The number of nitrogens with one attached hydrogen (secondary N) is 2. The summed E-state index contributed by atoms with van der Waals surface area (Å²) in [5, 5.41) is 7.12. The molecule has 2 N–H and O–H groups in total. The van der Waals surface area contributed by atoms with Crippen molar-refractivity contribution in [2.24, 2.45) is 16.3 Å². The Kier molecular flexibility index (Phi) is 4.46. The maximum Gasteiger partial charge on any atom is 0.191 e. The Morgan fingerprint density at radius 3 is 2.95 bits per heavy atom. The normalized spacial score (nSPS) is 34.3. The van der Waals surface area contributed by atoms with Gasteiger partial charge in [0.1, 0.15) is 0 Å². The van der Waals surface area contributed by atoms with Crippen molar-refractivity contribution in [2.75, 3.05) is 31.7 Å². The highest BCUT2D eigenvalue weighted by molar-refractivity contribution is 7.98. The minimum absolute atomic E-state index is 0.427. The maximum atomic E-state index is 5.98. The van der Waals surface area contributed by atoms with Crippen LogP contribution in [0.1, 0.15) is 32.6 Å². The zero-order valence-electron chi connectivity index (χ0n) is 12.7. The summed E-state index contributed by atoms with van der Waals surface area (Å²) in [5.41, 5.74) is 0.427. The van der Waals surface area contributed by atoms with Crippen molar-refractivity contribution in [1.82, 2.24) is 10.6 Å². The topological polar surface area (TPSA) is 45.7 Å². The van der Waals surface area contributed by atoms with Crippen LogP contribution in [-0.4, -0.2) is 49.8 Å². The Bertz CT molecular complexity index is 370.